The van der Waals surface area contributed by atoms with E-state index in [0.717, 1.165) is 37.1 Å². The van der Waals surface area contributed by atoms with Gasteiger partial charge in [-0.2, -0.15) is 0 Å². The molecule has 27 heavy (non-hydrogen) atoms. The van der Waals surface area contributed by atoms with Gasteiger partial charge in [0.15, 0.2) is 0 Å². The maximum absolute atomic E-state index is 13.5. The largest absolute Gasteiger partial charge is 0.465 e. The van der Waals surface area contributed by atoms with Crippen molar-refractivity contribution < 1.29 is 19.1 Å². The van der Waals surface area contributed by atoms with Gasteiger partial charge in [-0.3, -0.25) is 9.69 Å². The Bertz CT molecular complexity index is 756. The molecule has 0 aromatic heterocycles. The zero-order valence-electron chi connectivity index (χ0n) is 15.6. The molecule has 4 rings (SSSR count). The van der Waals surface area contributed by atoms with Gasteiger partial charge in [0, 0.05) is 25.7 Å². The van der Waals surface area contributed by atoms with Crippen molar-refractivity contribution in [3.8, 4) is 0 Å². The number of carbonyl (C=O) groups excluding carboxylic acids is 1. The van der Waals surface area contributed by atoms with E-state index in [0.29, 0.717) is 25.9 Å². The first-order valence-electron chi connectivity index (χ1n) is 9.76. The Hall–Kier alpha value is -2.15. The Morgan fingerprint density at radius 1 is 1.15 bits per heavy atom. The number of likely N-dealkylation sites (tertiary alicyclic amines) is 1. The molecule has 0 aliphatic carbocycles. The zero-order valence-corrected chi connectivity index (χ0v) is 15.6. The summed E-state index contributed by atoms with van der Waals surface area (Å²) >= 11 is 0. The molecule has 2 amide bonds. The summed E-state index contributed by atoms with van der Waals surface area (Å²) < 4.78 is 13.5. The third-order valence-corrected chi connectivity index (χ3v) is 6.41. The van der Waals surface area contributed by atoms with Crippen LogP contribution in [0, 0.1) is 12.7 Å². The summed E-state index contributed by atoms with van der Waals surface area (Å²) in [5, 5.41) is 9.65. The SMILES string of the molecule is Cc1cc(F)ccc1[C@H]1C[C@H](N2CCN3CCC[C@@H]3C2=O)CCN1C(=O)O. The van der Waals surface area contributed by atoms with E-state index in [4.69, 9.17) is 0 Å². The molecular formula is C20H26FN3O3. The molecule has 0 unspecified atom stereocenters. The summed E-state index contributed by atoms with van der Waals surface area (Å²) in [6.45, 7) is 4.81. The van der Waals surface area contributed by atoms with Gasteiger partial charge in [-0.05, 0) is 62.4 Å². The molecule has 0 radical (unpaired) electrons. The Balaban J connectivity index is 1.58. The van der Waals surface area contributed by atoms with E-state index < -0.39 is 6.09 Å². The lowest BCUT2D eigenvalue weighted by molar-refractivity contribution is -0.144. The van der Waals surface area contributed by atoms with Crippen LogP contribution in [0.25, 0.3) is 0 Å². The fourth-order valence-corrected chi connectivity index (χ4v) is 5.04. The third kappa shape index (κ3) is 3.29. The first kappa shape index (κ1) is 18.2. The molecule has 146 valence electrons. The summed E-state index contributed by atoms with van der Waals surface area (Å²) in [5.41, 5.74) is 1.58. The number of aryl methyl sites for hydroxylation is 1. The molecule has 7 heteroatoms. The Morgan fingerprint density at radius 2 is 1.96 bits per heavy atom. The van der Waals surface area contributed by atoms with E-state index in [2.05, 4.69) is 4.90 Å². The van der Waals surface area contributed by atoms with Gasteiger partial charge in [0.2, 0.25) is 5.91 Å². The first-order valence-corrected chi connectivity index (χ1v) is 9.76. The number of hydrogen-bond donors (Lipinski definition) is 1. The Labute approximate surface area is 158 Å². The minimum Gasteiger partial charge on any atom is -0.465 e. The van der Waals surface area contributed by atoms with Gasteiger partial charge in [0.25, 0.3) is 0 Å². The third-order valence-electron chi connectivity index (χ3n) is 6.41. The quantitative estimate of drug-likeness (QED) is 0.863. The number of carbonyl (C=O) groups is 2. The van der Waals surface area contributed by atoms with E-state index >= 15 is 0 Å². The molecule has 3 aliphatic heterocycles. The standard InChI is InChI=1S/C20H26FN3O3/c1-13-11-14(21)4-5-16(13)18-12-15(6-8-24(18)20(26)27)23-10-9-22-7-2-3-17(22)19(23)25/h4-5,11,15,17-18H,2-3,6-10,12H2,1H3,(H,26,27)/t15-,17-,18-/m1/s1. The van der Waals surface area contributed by atoms with Gasteiger partial charge in [-0.15, -0.1) is 0 Å². The number of hydrogen-bond acceptors (Lipinski definition) is 3. The highest BCUT2D eigenvalue weighted by atomic mass is 19.1. The number of piperidine rings is 1. The van der Waals surface area contributed by atoms with Crippen LogP contribution in [0.15, 0.2) is 18.2 Å². The molecular weight excluding hydrogens is 349 g/mol. The van der Waals surface area contributed by atoms with E-state index in [1.165, 1.54) is 17.0 Å². The second kappa shape index (κ2) is 7.11. The van der Waals surface area contributed by atoms with Crippen LogP contribution in [0.5, 0.6) is 0 Å². The van der Waals surface area contributed by atoms with Gasteiger partial charge >= 0.3 is 6.09 Å². The molecule has 0 bridgehead atoms. The lowest BCUT2D eigenvalue weighted by Crippen LogP contribution is -2.59. The lowest BCUT2D eigenvalue weighted by atomic mass is 9.88. The van der Waals surface area contributed by atoms with Crippen molar-refractivity contribution in [2.45, 2.75) is 50.7 Å². The molecule has 1 aromatic rings. The fourth-order valence-electron chi connectivity index (χ4n) is 5.04. The van der Waals surface area contributed by atoms with Crippen LogP contribution in [-0.2, 0) is 4.79 Å². The normalized spacial score (nSPS) is 29.1. The van der Waals surface area contributed by atoms with Crippen LogP contribution in [0.4, 0.5) is 9.18 Å². The molecule has 0 spiro atoms. The first-order chi connectivity index (χ1) is 13.0. The van der Waals surface area contributed by atoms with Gasteiger partial charge < -0.3 is 14.9 Å². The van der Waals surface area contributed by atoms with Crippen molar-refractivity contribution in [2.75, 3.05) is 26.2 Å². The second-order valence-corrected chi connectivity index (χ2v) is 7.90. The average Bonchev–Trinajstić information content (AvgIpc) is 3.11. The van der Waals surface area contributed by atoms with Crippen LogP contribution in [0.3, 0.4) is 0 Å². The van der Waals surface area contributed by atoms with Crippen molar-refractivity contribution in [3.05, 3.63) is 35.1 Å². The van der Waals surface area contributed by atoms with Gasteiger partial charge in [-0.1, -0.05) is 6.07 Å². The van der Waals surface area contributed by atoms with Crippen LogP contribution in [-0.4, -0.2) is 70.1 Å². The molecule has 1 aromatic carbocycles. The highest BCUT2D eigenvalue weighted by Gasteiger charge is 2.43. The molecule has 6 nitrogen and oxygen atoms in total. The predicted molar refractivity (Wildman–Crippen MR) is 97.9 cm³/mol. The highest BCUT2D eigenvalue weighted by molar-refractivity contribution is 5.83. The second-order valence-electron chi connectivity index (χ2n) is 7.90. The predicted octanol–water partition coefficient (Wildman–Crippen LogP) is 2.62. The molecule has 3 saturated heterocycles. The van der Waals surface area contributed by atoms with Crippen LogP contribution >= 0.6 is 0 Å². The maximum atomic E-state index is 13.5. The lowest BCUT2D eigenvalue weighted by Gasteiger charge is -2.46. The minimum absolute atomic E-state index is 0.00209. The van der Waals surface area contributed by atoms with E-state index in [1.54, 1.807) is 6.07 Å². The number of halogens is 1. The van der Waals surface area contributed by atoms with Gasteiger partial charge in [0.05, 0.1) is 12.1 Å². The van der Waals surface area contributed by atoms with Gasteiger partial charge in [-0.25, -0.2) is 9.18 Å². The van der Waals surface area contributed by atoms with Crippen LogP contribution in [0.1, 0.15) is 42.9 Å². The monoisotopic (exact) mass is 375 g/mol. The molecule has 3 fully saturated rings. The molecule has 3 atom stereocenters. The summed E-state index contributed by atoms with van der Waals surface area (Å²) in [5.74, 6) is -0.125. The minimum atomic E-state index is -0.964. The molecule has 3 heterocycles. The number of piperazine rings is 1. The van der Waals surface area contributed by atoms with Gasteiger partial charge in [0.1, 0.15) is 5.82 Å². The summed E-state index contributed by atoms with van der Waals surface area (Å²) in [7, 11) is 0. The topological polar surface area (TPSA) is 64.1 Å². The number of fused-ring (bicyclic) bond motifs is 1. The van der Waals surface area contributed by atoms with E-state index in [9.17, 15) is 19.1 Å². The number of amides is 2. The summed E-state index contributed by atoms with van der Waals surface area (Å²) in [6.07, 6.45) is 2.25. The number of benzene rings is 1. The number of rotatable bonds is 2. The molecule has 1 N–H and O–H groups in total. The number of nitrogens with zero attached hydrogens (tertiary/aromatic N) is 3. The molecule has 0 saturated carbocycles. The van der Waals surface area contributed by atoms with Crippen molar-refractivity contribution in [3.63, 3.8) is 0 Å². The fraction of sp³-hybridized carbons (Fsp3) is 0.600. The summed E-state index contributed by atoms with van der Waals surface area (Å²) in [4.78, 5) is 30.5. The highest BCUT2D eigenvalue weighted by Crippen LogP contribution is 2.36. The zero-order chi connectivity index (χ0) is 19.1. The average molecular weight is 375 g/mol. The Morgan fingerprint density at radius 3 is 2.70 bits per heavy atom. The molecule has 3 aliphatic rings. The van der Waals surface area contributed by atoms with E-state index in [-0.39, 0.29) is 29.8 Å². The summed E-state index contributed by atoms with van der Waals surface area (Å²) in [6, 6.07) is 4.20. The van der Waals surface area contributed by atoms with Crippen LogP contribution < -0.4 is 0 Å². The van der Waals surface area contributed by atoms with E-state index in [1.807, 2.05) is 11.8 Å². The smallest absolute Gasteiger partial charge is 0.407 e. The Kier molecular flexibility index (Phi) is 4.80. The van der Waals surface area contributed by atoms with Crippen molar-refractivity contribution >= 4 is 12.0 Å². The number of carboxylic acid groups (broad SMARTS) is 1. The van der Waals surface area contributed by atoms with Crippen molar-refractivity contribution in [2.24, 2.45) is 0 Å². The van der Waals surface area contributed by atoms with Crippen molar-refractivity contribution in [1.29, 1.82) is 0 Å². The maximum Gasteiger partial charge on any atom is 0.407 e. The van der Waals surface area contributed by atoms with Crippen LogP contribution in [0.2, 0.25) is 0 Å². The van der Waals surface area contributed by atoms with Crippen molar-refractivity contribution in [1.82, 2.24) is 14.7 Å².